The van der Waals surface area contributed by atoms with Crippen LogP contribution in [-0.2, 0) is 10.5 Å². The Morgan fingerprint density at radius 1 is 0.862 bits per heavy atom. The lowest BCUT2D eigenvalue weighted by atomic mass is 10.0. The van der Waals surface area contributed by atoms with Gasteiger partial charge in [-0.15, -0.1) is 0 Å². The number of amides is 2. The summed E-state index contributed by atoms with van der Waals surface area (Å²) in [6.45, 7) is 0. The second kappa shape index (κ2) is 8.90. The van der Waals surface area contributed by atoms with Gasteiger partial charge in [-0.05, 0) is 48.5 Å². The number of anilines is 2. The Bertz CT molecular complexity index is 995. The van der Waals surface area contributed by atoms with E-state index in [0.717, 1.165) is 13.8 Å². The number of aliphatic hydroxyl groups is 1. The number of hydrogen-bond donors (Lipinski definition) is 1. The van der Waals surface area contributed by atoms with Crippen molar-refractivity contribution in [3.8, 4) is 0 Å². The number of benzene rings is 3. The Hall–Kier alpha value is -2.48. The quantitative estimate of drug-likeness (QED) is 0.368. The van der Waals surface area contributed by atoms with E-state index in [-0.39, 0.29) is 5.56 Å². The Kier molecular flexibility index (Phi) is 6.52. The van der Waals surface area contributed by atoms with Crippen molar-refractivity contribution in [2.75, 3.05) is 16.8 Å². The minimum atomic E-state index is -2.18. The predicted molar refractivity (Wildman–Crippen MR) is 121 cm³/mol. The number of carbonyl (C=O) groups is 2. The molecule has 3 rings (SSSR count). The zero-order valence-corrected chi connectivity index (χ0v) is 18.7. The first-order chi connectivity index (χ1) is 13.9. The third-order valence-corrected chi connectivity index (χ3v) is 5.54. The van der Waals surface area contributed by atoms with Crippen molar-refractivity contribution < 1.29 is 14.7 Å². The lowest BCUT2D eigenvalue weighted by molar-refractivity contribution is -0.124. The van der Waals surface area contributed by atoms with Crippen LogP contribution in [0.4, 0.5) is 16.2 Å². The van der Waals surface area contributed by atoms with Gasteiger partial charge >= 0.3 is 6.03 Å². The topological polar surface area (TPSA) is 60.9 Å². The molecule has 5 nitrogen and oxygen atoms in total. The van der Waals surface area contributed by atoms with Crippen LogP contribution in [0.15, 0.2) is 87.8 Å². The van der Waals surface area contributed by atoms with Crippen LogP contribution in [0, 0.1) is 0 Å². The average molecular weight is 518 g/mol. The molecule has 0 aliphatic heterocycles. The van der Waals surface area contributed by atoms with Crippen molar-refractivity contribution in [3.63, 3.8) is 0 Å². The summed E-state index contributed by atoms with van der Waals surface area (Å²) in [6, 6.07) is 21.8. The minimum Gasteiger partial charge on any atom is -0.361 e. The summed E-state index contributed by atoms with van der Waals surface area (Å²) >= 11 is 6.74. The molecule has 1 atom stereocenters. The van der Waals surface area contributed by atoms with E-state index >= 15 is 0 Å². The van der Waals surface area contributed by atoms with Crippen LogP contribution in [0.3, 0.4) is 0 Å². The largest absolute Gasteiger partial charge is 0.361 e. The molecule has 29 heavy (non-hydrogen) atoms. The van der Waals surface area contributed by atoms with Crippen LogP contribution in [0.1, 0.15) is 5.56 Å². The first kappa shape index (κ1) is 21.2. The molecule has 0 spiro atoms. The molecular weight excluding hydrogens is 500 g/mol. The van der Waals surface area contributed by atoms with Crippen LogP contribution < -0.4 is 9.80 Å². The molecule has 0 aliphatic carbocycles. The van der Waals surface area contributed by atoms with Crippen molar-refractivity contribution in [3.05, 3.63) is 93.4 Å². The molecule has 1 N–H and O–H groups in total. The third-order valence-electron chi connectivity index (χ3n) is 4.48. The SMILES string of the molecule is CN(C(=O)N(c1ccc(Br)cc1)C(O)(C=O)c1ccccc1)c1ccc(Br)cc1. The lowest BCUT2D eigenvalue weighted by Gasteiger charge is -2.38. The van der Waals surface area contributed by atoms with E-state index in [0.29, 0.717) is 17.7 Å². The number of aldehydes is 1. The van der Waals surface area contributed by atoms with Crippen molar-refractivity contribution >= 4 is 55.6 Å². The summed E-state index contributed by atoms with van der Waals surface area (Å²) in [5, 5.41) is 11.4. The molecule has 0 aromatic heterocycles. The average Bonchev–Trinajstić information content (AvgIpc) is 2.75. The standard InChI is InChI=1S/C22H18Br2N2O3/c1-25(19-11-7-17(23)8-12-19)21(28)26(20-13-9-18(24)10-14-20)22(29,15-27)16-5-3-2-4-6-16/h2-15,29H,1H3. The highest BCUT2D eigenvalue weighted by molar-refractivity contribution is 9.10. The van der Waals surface area contributed by atoms with E-state index in [1.54, 1.807) is 73.8 Å². The molecule has 0 saturated heterocycles. The zero-order chi connectivity index (χ0) is 21.0. The number of carbonyl (C=O) groups excluding carboxylic acids is 2. The van der Waals surface area contributed by atoms with Gasteiger partial charge < -0.3 is 5.11 Å². The van der Waals surface area contributed by atoms with Crippen LogP contribution in [-0.4, -0.2) is 24.5 Å². The van der Waals surface area contributed by atoms with E-state index < -0.39 is 11.8 Å². The molecule has 0 saturated carbocycles. The summed E-state index contributed by atoms with van der Waals surface area (Å²) in [6.07, 6.45) is 0.373. The Labute approximate surface area is 185 Å². The van der Waals surface area contributed by atoms with E-state index in [1.165, 1.54) is 4.90 Å². The molecule has 3 aromatic carbocycles. The fraction of sp³-hybridized carbons (Fsp3) is 0.0909. The summed E-state index contributed by atoms with van der Waals surface area (Å²) in [4.78, 5) is 28.1. The van der Waals surface area contributed by atoms with Crippen LogP contribution >= 0.6 is 31.9 Å². The van der Waals surface area contributed by atoms with Gasteiger partial charge in [0, 0.05) is 32.9 Å². The van der Waals surface area contributed by atoms with Gasteiger partial charge in [0.1, 0.15) is 0 Å². The molecular formula is C22H18Br2N2O3. The smallest absolute Gasteiger partial charge is 0.331 e. The minimum absolute atomic E-state index is 0.287. The highest BCUT2D eigenvalue weighted by Gasteiger charge is 2.42. The molecule has 1 unspecified atom stereocenters. The Morgan fingerprint density at radius 3 is 1.83 bits per heavy atom. The van der Waals surface area contributed by atoms with Gasteiger partial charge in [-0.25, -0.2) is 4.79 Å². The molecule has 3 aromatic rings. The highest BCUT2D eigenvalue weighted by atomic mass is 79.9. The van der Waals surface area contributed by atoms with E-state index in [1.807, 2.05) is 12.1 Å². The molecule has 2 amide bonds. The van der Waals surface area contributed by atoms with Crippen molar-refractivity contribution in [2.24, 2.45) is 0 Å². The summed E-state index contributed by atoms with van der Waals surface area (Å²) in [5.41, 5.74) is -0.909. The number of rotatable bonds is 5. The van der Waals surface area contributed by atoms with Gasteiger partial charge in [-0.1, -0.05) is 62.2 Å². The van der Waals surface area contributed by atoms with E-state index in [2.05, 4.69) is 31.9 Å². The van der Waals surface area contributed by atoms with Gasteiger partial charge in [0.05, 0.1) is 0 Å². The summed E-state index contributed by atoms with van der Waals surface area (Å²) in [5.74, 6) is 0. The molecule has 0 fully saturated rings. The van der Waals surface area contributed by atoms with Crippen LogP contribution in [0.5, 0.6) is 0 Å². The van der Waals surface area contributed by atoms with E-state index in [9.17, 15) is 14.7 Å². The monoisotopic (exact) mass is 516 g/mol. The number of hydrogen-bond acceptors (Lipinski definition) is 3. The molecule has 0 aliphatic rings. The number of urea groups is 1. The first-order valence-electron chi connectivity index (χ1n) is 8.70. The molecule has 148 valence electrons. The Balaban J connectivity index is 2.12. The van der Waals surface area contributed by atoms with Crippen LogP contribution in [0.2, 0.25) is 0 Å². The Morgan fingerprint density at radius 2 is 1.34 bits per heavy atom. The highest BCUT2D eigenvalue weighted by Crippen LogP contribution is 2.32. The van der Waals surface area contributed by atoms with Crippen LogP contribution in [0.25, 0.3) is 0 Å². The second-order valence-corrected chi connectivity index (χ2v) is 8.17. The lowest BCUT2D eigenvalue weighted by Crippen LogP contribution is -2.55. The second-order valence-electron chi connectivity index (χ2n) is 6.34. The maximum absolute atomic E-state index is 13.5. The summed E-state index contributed by atoms with van der Waals surface area (Å²) in [7, 11) is 1.59. The molecule has 0 radical (unpaired) electrons. The fourth-order valence-electron chi connectivity index (χ4n) is 2.90. The first-order valence-corrected chi connectivity index (χ1v) is 10.3. The molecule has 0 heterocycles. The van der Waals surface area contributed by atoms with Crippen molar-refractivity contribution in [2.45, 2.75) is 5.72 Å². The number of halogens is 2. The van der Waals surface area contributed by atoms with Gasteiger partial charge in [0.2, 0.25) is 5.72 Å². The van der Waals surface area contributed by atoms with Crippen molar-refractivity contribution in [1.29, 1.82) is 0 Å². The van der Waals surface area contributed by atoms with E-state index in [4.69, 9.17) is 0 Å². The molecule has 0 bridgehead atoms. The van der Waals surface area contributed by atoms with Gasteiger partial charge in [0.15, 0.2) is 6.29 Å². The van der Waals surface area contributed by atoms with Crippen molar-refractivity contribution in [1.82, 2.24) is 0 Å². The zero-order valence-electron chi connectivity index (χ0n) is 15.5. The van der Waals surface area contributed by atoms with Gasteiger partial charge in [-0.2, -0.15) is 0 Å². The van der Waals surface area contributed by atoms with Gasteiger partial charge in [-0.3, -0.25) is 14.6 Å². The predicted octanol–water partition coefficient (Wildman–Crippen LogP) is 5.32. The maximum Gasteiger partial charge on any atom is 0.331 e. The normalized spacial score (nSPS) is 12.7. The summed E-state index contributed by atoms with van der Waals surface area (Å²) < 4.78 is 1.69. The molecule has 7 heteroatoms. The third kappa shape index (κ3) is 4.42. The maximum atomic E-state index is 13.5. The van der Waals surface area contributed by atoms with Gasteiger partial charge in [0.25, 0.3) is 0 Å². The fourth-order valence-corrected chi connectivity index (χ4v) is 3.43. The number of nitrogens with zero attached hydrogens (tertiary/aromatic N) is 2.